The molecular formula is C10H15N5O4. The smallest absolute Gasteiger partial charge is 0.353 e. The Morgan fingerprint density at radius 2 is 2.05 bits per heavy atom. The molecular weight excluding hydrogens is 254 g/mol. The maximum Gasteiger partial charge on any atom is 0.353 e. The second-order valence-corrected chi connectivity index (χ2v) is 3.53. The van der Waals surface area contributed by atoms with Gasteiger partial charge in [0, 0.05) is 6.54 Å². The van der Waals surface area contributed by atoms with Crippen LogP contribution in [0, 0.1) is 10.1 Å². The van der Waals surface area contributed by atoms with Crippen molar-refractivity contribution >= 4 is 23.3 Å². The van der Waals surface area contributed by atoms with Crippen molar-refractivity contribution in [3.8, 4) is 0 Å². The lowest BCUT2D eigenvalue weighted by atomic mass is 10.4. The molecule has 0 aliphatic heterocycles. The first kappa shape index (κ1) is 14.6. The molecule has 0 amide bonds. The summed E-state index contributed by atoms with van der Waals surface area (Å²) in [7, 11) is 1.23. The summed E-state index contributed by atoms with van der Waals surface area (Å²) < 4.78 is 4.44. The zero-order valence-corrected chi connectivity index (χ0v) is 10.7. The molecule has 1 aromatic heterocycles. The summed E-state index contributed by atoms with van der Waals surface area (Å²) in [6.45, 7) is 2.27. The van der Waals surface area contributed by atoms with Gasteiger partial charge in [-0.05, 0) is 6.42 Å². The molecule has 0 saturated heterocycles. The number of esters is 1. The maximum atomic E-state index is 11.0. The summed E-state index contributed by atoms with van der Waals surface area (Å²) in [6.07, 6.45) is 1.98. The highest BCUT2D eigenvalue weighted by Crippen LogP contribution is 2.28. The molecule has 0 bridgehead atoms. The first-order valence-electron chi connectivity index (χ1n) is 5.64. The van der Waals surface area contributed by atoms with Crippen molar-refractivity contribution in [1.82, 2.24) is 9.97 Å². The number of nitrogens with zero attached hydrogens (tertiary/aromatic N) is 3. The summed E-state index contributed by atoms with van der Waals surface area (Å²) in [6, 6.07) is 0. The monoisotopic (exact) mass is 269 g/mol. The summed E-state index contributed by atoms with van der Waals surface area (Å²) in [4.78, 5) is 29.0. The molecule has 19 heavy (non-hydrogen) atoms. The summed E-state index contributed by atoms with van der Waals surface area (Å²) in [5.41, 5.74) is -0.292. The van der Waals surface area contributed by atoms with Crippen molar-refractivity contribution in [2.75, 3.05) is 30.8 Å². The van der Waals surface area contributed by atoms with E-state index in [-0.39, 0.29) is 23.9 Å². The molecule has 104 valence electrons. The molecule has 0 unspecified atom stereocenters. The van der Waals surface area contributed by atoms with Crippen LogP contribution in [0.3, 0.4) is 0 Å². The number of hydrogen-bond donors (Lipinski definition) is 2. The van der Waals surface area contributed by atoms with Crippen LogP contribution in [0.15, 0.2) is 6.33 Å². The Kier molecular flexibility index (Phi) is 5.45. The Bertz CT molecular complexity index is 465. The number of anilines is 2. The van der Waals surface area contributed by atoms with Crippen LogP contribution in [-0.2, 0) is 9.53 Å². The van der Waals surface area contributed by atoms with Gasteiger partial charge in [-0.15, -0.1) is 0 Å². The Balaban J connectivity index is 2.95. The van der Waals surface area contributed by atoms with E-state index in [0.717, 1.165) is 6.42 Å². The van der Waals surface area contributed by atoms with Crippen LogP contribution in [0.25, 0.3) is 0 Å². The predicted octanol–water partition coefficient (Wildman–Crippen LogP) is 0.792. The number of carbonyl (C=O) groups excluding carboxylic acids is 1. The van der Waals surface area contributed by atoms with E-state index in [1.165, 1.54) is 13.4 Å². The van der Waals surface area contributed by atoms with Crippen molar-refractivity contribution in [3.05, 3.63) is 16.4 Å². The zero-order chi connectivity index (χ0) is 14.3. The van der Waals surface area contributed by atoms with Gasteiger partial charge in [-0.3, -0.25) is 14.9 Å². The molecule has 0 fully saturated rings. The van der Waals surface area contributed by atoms with Crippen molar-refractivity contribution < 1.29 is 14.5 Å². The number of ether oxygens (including phenoxy) is 1. The average Bonchev–Trinajstić information content (AvgIpc) is 2.41. The fourth-order valence-electron chi connectivity index (χ4n) is 1.28. The Morgan fingerprint density at radius 3 is 2.58 bits per heavy atom. The van der Waals surface area contributed by atoms with Crippen LogP contribution >= 0.6 is 0 Å². The minimum absolute atomic E-state index is 0.0241. The van der Waals surface area contributed by atoms with Crippen molar-refractivity contribution in [3.63, 3.8) is 0 Å². The molecule has 1 aromatic rings. The van der Waals surface area contributed by atoms with Gasteiger partial charge in [0.2, 0.25) is 11.6 Å². The summed E-state index contributed by atoms with van der Waals surface area (Å²) >= 11 is 0. The maximum absolute atomic E-state index is 11.0. The number of aromatic nitrogens is 2. The van der Waals surface area contributed by atoms with Crippen molar-refractivity contribution in [2.24, 2.45) is 0 Å². The third kappa shape index (κ3) is 4.05. The number of nitro groups is 1. The van der Waals surface area contributed by atoms with Crippen LogP contribution in [0.5, 0.6) is 0 Å². The van der Waals surface area contributed by atoms with Gasteiger partial charge < -0.3 is 15.4 Å². The molecule has 0 aliphatic rings. The summed E-state index contributed by atoms with van der Waals surface area (Å²) in [5.74, 6) is -0.450. The second-order valence-electron chi connectivity index (χ2n) is 3.53. The number of rotatable bonds is 7. The molecule has 1 rings (SSSR count). The highest BCUT2D eigenvalue weighted by Gasteiger charge is 2.22. The molecule has 0 aromatic carbocycles. The summed E-state index contributed by atoms with van der Waals surface area (Å²) in [5, 5.41) is 16.4. The molecule has 0 radical (unpaired) electrons. The lowest BCUT2D eigenvalue weighted by Gasteiger charge is -2.08. The van der Waals surface area contributed by atoms with Gasteiger partial charge in [-0.25, -0.2) is 9.97 Å². The van der Waals surface area contributed by atoms with E-state index in [1.54, 1.807) is 0 Å². The lowest BCUT2D eigenvalue weighted by Crippen LogP contribution is -2.17. The van der Waals surface area contributed by atoms with E-state index < -0.39 is 10.9 Å². The van der Waals surface area contributed by atoms with Crippen LogP contribution < -0.4 is 10.6 Å². The molecule has 2 N–H and O–H groups in total. The largest absolute Gasteiger partial charge is 0.468 e. The number of methoxy groups -OCH3 is 1. The van der Waals surface area contributed by atoms with Gasteiger partial charge in [0.1, 0.15) is 12.9 Å². The fraction of sp³-hybridized carbons (Fsp3) is 0.500. The molecule has 0 aliphatic carbocycles. The third-order valence-corrected chi connectivity index (χ3v) is 2.18. The van der Waals surface area contributed by atoms with Gasteiger partial charge in [-0.1, -0.05) is 6.92 Å². The van der Waals surface area contributed by atoms with Gasteiger partial charge in [-0.2, -0.15) is 0 Å². The second kappa shape index (κ2) is 7.09. The Hall–Kier alpha value is -2.45. The van der Waals surface area contributed by atoms with E-state index in [2.05, 4.69) is 25.3 Å². The van der Waals surface area contributed by atoms with E-state index >= 15 is 0 Å². The molecule has 9 heteroatoms. The number of nitrogens with one attached hydrogen (secondary N) is 2. The number of carbonyl (C=O) groups is 1. The standard InChI is InChI=1S/C10H15N5O4/c1-3-4-11-9-8(15(17)18)10(14-6-13-9)12-5-7(16)19-2/h6H,3-5H2,1-2H3,(H2,11,12,13,14). The van der Waals surface area contributed by atoms with Gasteiger partial charge in [0.25, 0.3) is 0 Å². The van der Waals surface area contributed by atoms with Gasteiger partial charge >= 0.3 is 11.7 Å². The van der Waals surface area contributed by atoms with Crippen molar-refractivity contribution in [2.45, 2.75) is 13.3 Å². The highest BCUT2D eigenvalue weighted by molar-refractivity contribution is 5.77. The normalized spacial score (nSPS) is 9.79. The molecule has 0 saturated carbocycles. The third-order valence-electron chi connectivity index (χ3n) is 2.18. The average molecular weight is 269 g/mol. The van der Waals surface area contributed by atoms with Crippen LogP contribution in [0.2, 0.25) is 0 Å². The zero-order valence-electron chi connectivity index (χ0n) is 10.7. The quantitative estimate of drug-likeness (QED) is 0.423. The topological polar surface area (TPSA) is 119 Å². The Morgan fingerprint density at radius 1 is 1.42 bits per heavy atom. The molecule has 0 spiro atoms. The van der Waals surface area contributed by atoms with E-state index in [0.29, 0.717) is 6.54 Å². The minimum atomic E-state index is -0.600. The van der Waals surface area contributed by atoms with Crippen molar-refractivity contribution in [1.29, 1.82) is 0 Å². The SMILES string of the molecule is CCCNc1ncnc(NCC(=O)OC)c1[N+](=O)[O-]. The molecule has 0 atom stereocenters. The number of hydrogen-bond acceptors (Lipinski definition) is 8. The lowest BCUT2D eigenvalue weighted by molar-refractivity contribution is -0.383. The Labute approximate surface area is 109 Å². The fourth-order valence-corrected chi connectivity index (χ4v) is 1.28. The first-order valence-corrected chi connectivity index (χ1v) is 5.64. The molecule has 9 nitrogen and oxygen atoms in total. The highest BCUT2D eigenvalue weighted by atomic mass is 16.6. The van der Waals surface area contributed by atoms with Crippen LogP contribution in [0.4, 0.5) is 17.3 Å². The first-order chi connectivity index (χ1) is 9.10. The molecule has 1 heterocycles. The predicted molar refractivity (Wildman–Crippen MR) is 68.0 cm³/mol. The van der Waals surface area contributed by atoms with Crippen LogP contribution in [-0.4, -0.2) is 41.1 Å². The van der Waals surface area contributed by atoms with Gasteiger partial charge in [0.05, 0.1) is 12.0 Å². The van der Waals surface area contributed by atoms with E-state index in [4.69, 9.17) is 0 Å². The van der Waals surface area contributed by atoms with E-state index in [9.17, 15) is 14.9 Å². The van der Waals surface area contributed by atoms with Crippen LogP contribution in [0.1, 0.15) is 13.3 Å². The minimum Gasteiger partial charge on any atom is -0.468 e. The van der Waals surface area contributed by atoms with E-state index in [1.807, 2.05) is 6.92 Å². The van der Waals surface area contributed by atoms with Gasteiger partial charge in [0.15, 0.2) is 0 Å².